The van der Waals surface area contributed by atoms with Gasteiger partial charge < -0.3 is 10.6 Å². The Kier molecular flexibility index (Phi) is 4.93. The van der Waals surface area contributed by atoms with E-state index < -0.39 is 9.84 Å². The molecule has 0 radical (unpaired) electrons. The fourth-order valence-corrected chi connectivity index (χ4v) is 4.38. The van der Waals surface area contributed by atoms with E-state index in [1.54, 1.807) is 24.3 Å². The Morgan fingerprint density at radius 2 is 1.62 bits per heavy atom. The van der Waals surface area contributed by atoms with Gasteiger partial charge in [-0.05, 0) is 49.2 Å². The first-order valence-corrected chi connectivity index (χ1v) is 11.5. The number of thiazole rings is 1. The normalized spacial score (nSPS) is 11.6. The van der Waals surface area contributed by atoms with Crippen LogP contribution in [0.3, 0.4) is 0 Å². The highest BCUT2D eigenvalue weighted by Crippen LogP contribution is 2.33. The minimum absolute atomic E-state index is 0.268. The van der Waals surface area contributed by atoms with Crippen molar-refractivity contribution in [2.24, 2.45) is 0 Å². The number of benzene rings is 2. The highest BCUT2D eigenvalue weighted by Gasteiger charge is 2.13. The first kappa shape index (κ1) is 19.3. The third kappa shape index (κ3) is 4.06. The molecule has 2 heterocycles. The number of hydrogen-bond donors (Lipinski definition) is 2. The number of fused-ring (bicyclic) bond motifs is 1. The highest BCUT2D eigenvalue weighted by molar-refractivity contribution is 7.90. The van der Waals surface area contributed by atoms with Crippen LogP contribution in [0.25, 0.3) is 10.3 Å². The van der Waals surface area contributed by atoms with Gasteiger partial charge in [-0.2, -0.15) is 0 Å². The van der Waals surface area contributed by atoms with Gasteiger partial charge in [-0.25, -0.2) is 23.4 Å². The Hall–Kier alpha value is -3.04. The van der Waals surface area contributed by atoms with E-state index in [4.69, 9.17) is 0 Å². The van der Waals surface area contributed by atoms with Gasteiger partial charge in [0.1, 0.15) is 11.8 Å². The predicted molar refractivity (Wildman–Crippen MR) is 117 cm³/mol. The topological polar surface area (TPSA) is 96.9 Å². The summed E-state index contributed by atoms with van der Waals surface area (Å²) >= 11 is 1.45. The van der Waals surface area contributed by atoms with E-state index in [9.17, 15) is 8.42 Å². The zero-order valence-electron chi connectivity index (χ0n) is 16.1. The molecule has 29 heavy (non-hydrogen) atoms. The van der Waals surface area contributed by atoms with Crippen LogP contribution in [0.15, 0.2) is 53.7 Å². The molecule has 0 fully saturated rings. The standard InChI is InChI=1S/C20H19N5O2S2/c1-12-5-4-6-13(2)16(12)24-20-25-17-18(21-11-22-19(17)28-20)23-14-7-9-15(10-8-14)29(3,26)27/h4-11H,1-3H3,(H,24,25)(H,21,22,23). The van der Waals surface area contributed by atoms with E-state index in [-0.39, 0.29) is 4.90 Å². The molecule has 2 aromatic carbocycles. The van der Waals surface area contributed by atoms with Crippen molar-refractivity contribution in [3.8, 4) is 0 Å². The van der Waals surface area contributed by atoms with Crippen molar-refractivity contribution in [1.82, 2.24) is 15.0 Å². The summed E-state index contributed by atoms with van der Waals surface area (Å²) in [4.78, 5) is 14.3. The average molecular weight is 426 g/mol. The van der Waals surface area contributed by atoms with E-state index in [1.165, 1.54) is 23.9 Å². The van der Waals surface area contributed by atoms with Crippen LogP contribution < -0.4 is 10.6 Å². The fraction of sp³-hybridized carbons (Fsp3) is 0.150. The molecule has 0 bridgehead atoms. The molecular weight excluding hydrogens is 406 g/mol. The molecular formula is C20H19N5O2S2. The maximum atomic E-state index is 11.6. The average Bonchev–Trinajstić information content (AvgIpc) is 3.08. The first-order valence-electron chi connectivity index (χ1n) is 8.83. The monoisotopic (exact) mass is 425 g/mol. The molecule has 2 aromatic heterocycles. The Bertz CT molecular complexity index is 1280. The number of sulfone groups is 1. The summed E-state index contributed by atoms with van der Waals surface area (Å²) in [5, 5.41) is 7.32. The van der Waals surface area contributed by atoms with Gasteiger partial charge in [0.2, 0.25) is 0 Å². The van der Waals surface area contributed by atoms with Crippen LogP contribution in [0.5, 0.6) is 0 Å². The summed E-state index contributed by atoms with van der Waals surface area (Å²) in [6.07, 6.45) is 2.67. The zero-order valence-corrected chi connectivity index (χ0v) is 17.7. The minimum atomic E-state index is -3.23. The number of nitrogens with zero attached hydrogens (tertiary/aromatic N) is 3. The summed E-state index contributed by atoms with van der Waals surface area (Å²) < 4.78 is 23.2. The van der Waals surface area contributed by atoms with Gasteiger partial charge in [0.05, 0.1) is 4.90 Å². The largest absolute Gasteiger partial charge is 0.338 e. The molecule has 0 atom stereocenters. The summed E-state index contributed by atoms with van der Waals surface area (Å²) in [7, 11) is -3.23. The number of aryl methyl sites for hydroxylation is 2. The molecule has 0 aliphatic heterocycles. The molecule has 4 aromatic rings. The first-order chi connectivity index (χ1) is 13.8. The Labute approximate surface area is 172 Å². The van der Waals surface area contributed by atoms with Crippen molar-refractivity contribution in [1.29, 1.82) is 0 Å². The van der Waals surface area contributed by atoms with E-state index in [0.717, 1.165) is 32.5 Å². The molecule has 9 heteroatoms. The van der Waals surface area contributed by atoms with Crippen LogP contribution in [0.4, 0.5) is 22.3 Å². The van der Waals surface area contributed by atoms with Gasteiger partial charge in [-0.3, -0.25) is 0 Å². The molecule has 0 saturated heterocycles. The van der Waals surface area contributed by atoms with Crippen LogP contribution in [0.1, 0.15) is 11.1 Å². The number of anilines is 4. The number of para-hydroxylation sites is 1. The highest BCUT2D eigenvalue weighted by atomic mass is 32.2. The van der Waals surface area contributed by atoms with Gasteiger partial charge in [-0.1, -0.05) is 29.5 Å². The maximum absolute atomic E-state index is 11.6. The van der Waals surface area contributed by atoms with Gasteiger partial charge in [0, 0.05) is 17.6 Å². The third-order valence-corrected chi connectivity index (χ3v) is 6.46. The quantitative estimate of drug-likeness (QED) is 0.482. The molecule has 0 spiro atoms. The van der Waals surface area contributed by atoms with Crippen LogP contribution in [-0.4, -0.2) is 29.6 Å². The minimum Gasteiger partial charge on any atom is -0.338 e. The van der Waals surface area contributed by atoms with Crippen molar-refractivity contribution >= 4 is 53.8 Å². The van der Waals surface area contributed by atoms with Crippen molar-refractivity contribution in [3.05, 3.63) is 59.9 Å². The molecule has 0 amide bonds. The van der Waals surface area contributed by atoms with Gasteiger partial charge in [0.25, 0.3) is 0 Å². The van der Waals surface area contributed by atoms with E-state index in [0.29, 0.717) is 11.3 Å². The number of hydrogen-bond acceptors (Lipinski definition) is 8. The van der Waals surface area contributed by atoms with Crippen LogP contribution in [0.2, 0.25) is 0 Å². The lowest BCUT2D eigenvalue weighted by molar-refractivity contribution is 0.602. The summed E-state index contributed by atoms with van der Waals surface area (Å²) in [5.41, 5.74) is 4.68. The summed E-state index contributed by atoms with van der Waals surface area (Å²) in [6, 6.07) is 12.6. The lowest BCUT2D eigenvalue weighted by Crippen LogP contribution is -1.99. The third-order valence-electron chi connectivity index (χ3n) is 4.45. The van der Waals surface area contributed by atoms with Crippen molar-refractivity contribution in [3.63, 3.8) is 0 Å². The molecule has 7 nitrogen and oxygen atoms in total. The van der Waals surface area contributed by atoms with E-state index in [2.05, 4.69) is 51.6 Å². The van der Waals surface area contributed by atoms with Gasteiger partial charge in [-0.15, -0.1) is 0 Å². The van der Waals surface area contributed by atoms with Gasteiger partial charge in [0.15, 0.2) is 25.6 Å². The smallest absolute Gasteiger partial charge is 0.189 e. The Morgan fingerprint density at radius 1 is 0.931 bits per heavy atom. The zero-order chi connectivity index (χ0) is 20.6. The predicted octanol–water partition coefficient (Wildman–Crippen LogP) is 4.59. The summed E-state index contributed by atoms with van der Waals surface area (Å²) in [5.74, 6) is 0.563. The van der Waals surface area contributed by atoms with E-state index >= 15 is 0 Å². The molecule has 0 aliphatic carbocycles. The second-order valence-electron chi connectivity index (χ2n) is 6.71. The number of rotatable bonds is 5. The molecule has 0 aliphatic rings. The van der Waals surface area contributed by atoms with E-state index in [1.807, 2.05) is 6.07 Å². The number of nitrogens with one attached hydrogen (secondary N) is 2. The van der Waals surface area contributed by atoms with Crippen molar-refractivity contribution in [2.45, 2.75) is 18.7 Å². The lowest BCUT2D eigenvalue weighted by Gasteiger charge is -2.09. The molecule has 0 unspecified atom stereocenters. The SMILES string of the molecule is Cc1cccc(C)c1Nc1nc2c(Nc3ccc(S(C)(=O)=O)cc3)ncnc2s1. The second-order valence-corrected chi connectivity index (χ2v) is 9.70. The van der Waals surface area contributed by atoms with Crippen LogP contribution in [0, 0.1) is 13.8 Å². The molecule has 148 valence electrons. The second kappa shape index (κ2) is 7.41. The molecule has 0 saturated carbocycles. The van der Waals surface area contributed by atoms with Crippen LogP contribution in [-0.2, 0) is 9.84 Å². The van der Waals surface area contributed by atoms with Crippen molar-refractivity contribution < 1.29 is 8.42 Å². The lowest BCUT2D eigenvalue weighted by atomic mass is 10.1. The Balaban J connectivity index is 1.64. The van der Waals surface area contributed by atoms with Gasteiger partial charge >= 0.3 is 0 Å². The molecule has 2 N–H and O–H groups in total. The number of aromatic nitrogens is 3. The fourth-order valence-electron chi connectivity index (χ4n) is 2.94. The Morgan fingerprint density at radius 3 is 2.28 bits per heavy atom. The maximum Gasteiger partial charge on any atom is 0.189 e. The van der Waals surface area contributed by atoms with Crippen molar-refractivity contribution in [2.75, 3.05) is 16.9 Å². The summed E-state index contributed by atoms with van der Waals surface area (Å²) in [6.45, 7) is 4.10. The molecule has 4 rings (SSSR count). The van der Waals surface area contributed by atoms with Crippen LogP contribution >= 0.6 is 11.3 Å².